The normalized spacial score (nSPS) is 11.1. The van der Waals surface area contributed by atoms with Crippen molar-refractivity contribution in [1.29, 1.82) is 0 Å². The molecular weight excluding hydrogens is 324 g/mol. The van der Waals surface area contributed by atoms with Crippen LogP contribution in [0.1, 0.15) is 6.92 Å². The second-order valence-corrected chi connectivity index (χ2v) is 6.43. The van der Waals surface area contributed by atoms with Crippen molar-refractivity contribution in [2.45, 2.75) is 11.8 Å². The summed E-state index contributed by atoms with van der Waals surface area (Å²) in [7, 11) is -3.85. The van der Waals surface area contributed by atoms with Crippen LogP contribution in [0.4, 0.5) is 0 Å². The van der Waals surface area contributed by atoms with Crippen LogP contribution in [0.5, 0.6) is 0 Å². The van der Waals surface area contributed by atoms with Crippen LogP contribution in [0.25, 0.3) is 21.5 Å². The minimum absolute atomic E-state index is 0. The van der Waals surface area contributed by atoms with E-state index in [1.165, 1.54) is 6.92 Å². The Kier molecular flexibility index (Phi) is 5.17. The van der Waals surface area contributed by atoms with Gasteiger partial charge in [-0.2, -0.15) is 8.42 Å². The van der Waals surface area contributed by atoms with Crippen LogP contribution in [0, 0.1) is 0 Å². The van der Waals surface area contributed by atoms with Crippen molar-refractivity contribution >= 4 is 69.4 Å². The molecule has 0 N–H and O–H groups in total. The van der Waals surface area contributed by atoms with E-state index in [2.05, 4.69) is 6.58 Å². The van der Waals surface area contributed by atoms with Crippen molar-refractivity contribution in [1.82, 2.24) is 0 Å². The first-order valence-corrected chi connectivity index (χ1v) is 7.90. The van der Waals surface area contributed by atoms with E-state index in [-0.39, 0.29) is 48.4 Å². The molecule has 3 aromatic rings. The van der Waals surface area contributed by atoms with E-state index in [0.29, 0.717) is 5.39 Å². The van der Waals surface area contributed by atoms with Gasteiger partial charge in [0, 0.05) is 5.39 Å². The van der Waals surface area contributed by atoms with E-state index in [1.54, 1.807) is 12.1 Å². The van der Waals surface area contributed by atoms with Gasteiger partial charge in [-0.3, -0.25) is 0 Å². The van der Waals surface area contributed by atoms with Crippen molar-refractivity contribution in [3.8, 4) is 0 Å². The van der Waals surface area contributed by atoms with E-state index in [1.807, 2.05) is 42.5 Å². The van der Waals surface area contributed by atoms with Gasteiger partial charge in [0.25, 0.3) is 0 Å². The standard InChI is InChI=1S/C17H14O3S.Ca.2H/c1-12(2)20-21(18,19)17-9-5-8-15-10-13-6-3-4-7-14(13)11-16(15)17;;;/h3-11H,1H2,2H3;;;. The van der Waals surface area contributed by atoms with Gasteiger partial charge in [-0.05, 0) is 41.3 Å². The Balaban J connectivity index is 0.00000176. The monoisotopic (exact) mass is 340 g/mol. The van der Waals surface area contributed by atoms with E-state index >= 15 is 0 Å². The Morgan fingerprint density at radius 1 is 0.955 bits per heavy atom. The first-order chi connectivity index (χ1) is 9.97. The Morgan fingerprint density at radius 3 is 2.18 bits per heavy atom. The molecule has 0 saturated carbocycles. The molecule has 0 radical (unpaired) electrons. The third-order valence-corrected chi connectivity index (χ3v) is 4.63. The molecule has 0 bridgehead atoms. The molecule has 3 rings (SSSR count). The first-order valence-electron chi connectivity index (χ1n) is 6.49. The number of rotatable bonds is 3. The van der Waals surface area contributed by atoms with E-state index < -0.39 is 10.1 Å². The number of hydrogen-bond acceptors (Lipinski definition) is 3. The second-order valence-electron chi connectivity index (χ2n) is 4.92. The third kappa shape index (κ3) is 3.30. The van der Waals surface area contributed by atoms with Crippen molar-refractivity contribution in [3.63, 3.8) is 0 Å². The van der Waals surface area contributed by atoms with E-state index in [4.69, 9.17) is 4.18 Å². The van der Waals surface area contributed by atoms with E-state index in [9.17, 15) is 8.42 Å². The predicted molar refractivity (Wildman–Crippen MR) is 93.1 cm³/mol. The molecule has 0 heterocycles. The number of hydrogen-bond donors (Lipinski definition) is 0. The summed E-state index contributed by atoms with van der Waals surface area (Å²) >= 11 is 0. The summed E-state index contributed by atoms with van der Waals surface area (Å²) in [5.74, 6) is 0.146. The molecule has 0 aliphatic heterocycles. The third-order valence-electron chi connectivity index (χ3n) is 3.23. The summed E-state index contributed by atoms with van der Waals surface area (Å²) in [4.78, 5) is 0.161. The maximum atomic E-state index is 12.3. The molecule has 3 nitrogen and oxygen atoms in total. The first kappa shape index (κ1) is 17.3. The van der Waals surface area contributed by atoms with Gasteiger partial charge in [0.15, 0.2) is 0 Å². The van der Waals surface area contributed by atoms with Gasteiger partial charge in [-0.15, -0.1) is 0 Å². The molecule has 0 fully saturated rings. The second kappa shape index (κ2) is 6.59. The average Bonchev–Trinajstić information content (AvgIpc) is 2.43. The summed E-state index contributed by atoms with van der Waals surface area (Å²) in [5, 5.41) is 3.57. The fourth-order valence-corrected chi connectivity index (χ4v) is 3.54. The van der Waals surface area contributed by atoms with E-state index in [0.717, 1.165) is 16.2 Å². The number of benzene rings is 3. The molecule has 0 aliphatic rings. The van der Waals surface area contributed by atoms with Crippen molar-refractivity contribution in [2.75, 3.05) is 0 Å². The van der Waals surface area contributed by atoms with Crippen LogP contribution in [0.2, 0.25) is 0 Å². The molecule has 0 aliphatic carbocycles. The molecule has 0 aromatic heterocycles. The predicted octanol–water partition coefficient (Wildman–Crippen LogP) is 3.32. The molecule has 0 amide bonds. The van der Waals surface area contributed by atoms with Crippen molar-refractivity contribution in [3.05, 3.63) is 66.9 Å². The molecule has 110 valence electrons. The molecule has 0 unspecified atom stereocenters. The zero-order chi connectivity index (χ0) is 15.0. The van der Waals surface area contributed by atoms with Crippen LogP contribution < -0.4 is 0 Å². The topological polar surface area (TPSA) is 43.4 Å². The fourth-order valence-electron chi connectivity index (χ4n) is 2.39. The van der Waals surface area contributed by atoms with Gasteiger partial charge in [0.05, 0.1) is 0 Å². The number of fused-ring (bicyclic) bond motifs is 2. The van der Waals surface area contributed by atoms with Crippen LogP contribution in [-0.4, -0.2) is 46.2 Å². The Hall–Kier alpha value is -1.07. The Morgan fingerprint density at radius 2 is 1.55 bits per heavy atom. The minimum atomic E-state index is -3.85. The molecule has 22 heavy (non-hydrogen) atoms. The molecular formula is C17H16CaO3S. The van der Waals surface area contributed by atoms with Crippen molar-refractivity contribution < 1.29 is 12.6 Å². The molecule has 0 saturated heterocycles. The zero-order valence-corrected chi connectivity index (χ0v) is 12.4. The van der Waals surface area contributed by atoms with Crippen LogP contribution >= 0.6 is 0 Å². The average molecular weight is 340 g/mol. The van der Waals surface area contributed by atoms with Crippen LogP contribution in [-0.2, 0) is 14.3 Å². The summed E-state index contributed by atoms with van der Waals surface area (Å²) in [6.07, 6.45) is 0. The van der Waals surface area contributed by atoms with Gasteiger partial charge in [-0.25, -0.2) is 0 Å². The summed E-state index contributed by atoms with van der Waals surface area (Å²) < 4.78 is 29.5. The summed E-state index contributed by atoms with van der Waals surface area (Å²) in [6, 6.07) is 16.8. The van der Waals surface area contributed by atoms with Gasteiger partial charge in [-0.1, -0.05) is 43.0 Å². The van der Waals surface area contributed by atoms with Gasteiger partial charge in [0.2, 0.25) is 0 Å². The molecule has 0 atom stereocenters. The zero-order valence-electron chi connectivity index (χ0n) is 11.5. The van der Waals surface area contributed by atoms with Crippen LogP contribution in [0.15, 0.2) is 71.8 Å². The summed E-state index contributed by atoms with van der Waals surface area (Å²) in [5.41, 5.74) is 0. The van der Waals surface area contributed by atoms with Gasteiger partial charge < -0.3 is 4.18 Å². The fraction of sp³-hybridized carbons (Fsp3) is 0.0588. The van der Waals surface area contributed by atoms with Gasteiger partial charge >= 0.3 is 47.9 Å². The Bertz CT molecular complexity index is 962. The SMILES string of the molecule is C=C(C)OS(=O)(=O)c1cccc2cc3ccccc3cc12.[CaH2]. The molecule has 5 heteroatoms. The Labute approximate surface area is 159 Å². The molecule has 3 aromatic carbocycles. The van der Waals surface area contributed by atoms with Crippen molar-refractivity contribution in [2.24, 2.45) is 0 Å². The quantitative estimate of drug-likeness (QED) is 0.318. The molecule has 0 spiro atoms. The number of allylic oxidation sites excluding steroid dienone is 1. The summed E-state index contributed by atoms with van der Waals surface area (Å²) in [6.45, 7) is 5.01. The maximum absolute atomic E-state index is 12.3. The van der Waals surface area contributed by atoms with Gasteiger partial charge in [0.1, 0.15) is 10.7 Å². The van der Waals surface area contributed by atoms with Crippen LogP contribution in [0.3, 0.4) is 0 Å².